The Balaban J connectivity index is 1.43. The van der Waals surface area contributed by atoms with Crippen molar-refractivity contribution in [1.29, 1.82) is 0 Å². The van der Waals surface area contributed by atoms with Gasteiger partial charge in [-0.05, 0) is 24.3 Å². The minimum absolute atomic E-state index is 0.0249. The van der Waals surface area contributed by atoms with Crippen molar-refractivity contribution >= 4 is 51.0 Å². The van der Waals surface area contributed by atoms with Crippen LogP contribution < -0.4 is 4.74 Å². The van der Waals surface area contributed by atoms with Gasteiger partial charge in [0, 0.05) is 22.3 Å². The van der Waals surface area contributed by atoms with Gasteiger partial charge in [-0.2, -0.15) is 0 Å². The minimum atomic E-state index is -0.513. The van der Waals surface area contributed by atoms with E-state index in [0.717, 1.165) is 33.5 Å². The Kier molecular flexibility index (Phi) is 4.25. The summed E-state index contributed by atoms with van der Waals surface area (Å²) < 4.78 is 20.4. The average molecular weight is 375 g/mol. The van der Waals surface area contributed by atoms with Crippen molar-refractivity contribution < 1.29 is 18.7 Å². The summed E-state index contributed by atoms with van der Waals surface area (Å²) in [5.74, 6) is 0.0468. The summed E-state index contributed by atoms with van der Waals surface area (Å²) >= 11 is 6.89. The molecule has 0 aliphatic carbocycles. The average Bonchev–Trinajstić information content (AvgIpc) is 3.21. The molecule has 0 radical (unpaired) electrons. The molecule has 0 bridgehead atoms. The molecule has 0 spiro atoms. The second kappa shape index (κ2) is 6.70. The molecule has 0 N–H and O–H groups in total. The van der Waals surface area contributed by atoms with E-state index in [1.165, 1.54) is 0 Å². The van der Waals surface area contributed by atoms with E-state index in [4.69, 9.17) is 25.5 Å². The molecule has 126 valence electrons. The number of hydrogen-bond acceptors (Lipinski definition) is 7. The molecule has 2 heterocycles. The molecule has 0 saturated carbocycles. The fraction of sp³-hybridized carbons (Fsp3) is 0.118. The number of aromatic nitrogens is 2. The number of carbonyl (C=O) groups is 1. The Labute approximate surface area is 151 Å². The van der Waals surface area contributed by atoms with Crippen LogP contribution in [0.15, 0.2) is 46.9 Å². The van der Waals surface area contributed by atoms with Crippen LogP contribution in [-0.4, -0.2) is 22.2 Å². The third-order valence-electron chi connectivity index (χ3n) is 3.58. The second-order valence-electron chi connectivity index (χ2n) is 5.20. The van der Waals surface area contributed by atoms with E-state index in [0.29, 0.717) is 15.8 Å². The van der Waals surface area contributed by atoms with Gasteiger partial charge in [-0.15, -0.1) is 5.10 Å². The second-order valence-corrected chi connectivity index (χ2v) is 6.56. The number of esters is 1. The Morgan fingerprint density at radius 2 is 2.00 bits per heavy atom. The maximum absolute atomic E-state index is 11.8. The van der Waals surface area contributed by atoms with Gasteiger partial charge >= 0.3 is 5.97 Å². The molecule has 6 nitrogen and oxygen atoms in total. The monoisotopic (exact) mass is 374 g/mol. The number of rotatable bonds is 5. The summed E-state index contributed by atoms with van der Waals surface area (Å²) in [4.78, 5) is 11.8. The highest BCUT2D eigenvalue weighted by atomic mass is 35.5. The summed E-state index contributed by atoms with van der Waals surface area (Å²) in [6.07, 6.45) is 0. The molecule has 0 aliphatic heterocycles. The Hall–Kier alpha value is -2.64. The maximum Gasteiger partial charge on any atom is 0.344 e. The molecule has 2 aromatic heterocycles. The molecule has 0 amide bonds. The van der Waals surface area contributed by atoms with Crippen LogP contribution in [-0.2, 0) is 16.1 Å². The first-order chi connectivity index (χ1) is 12.2. The van der Waals surface area contributed by atoms with Crippen molar-refractivity contribution in [3.63, 3.8) is 0 Å². The zero-order valence-corrected chi connectivity index (χ0v) is 14.3. The zero-order chi connectivity index (χ0) is 17.2. The number of benzene rings is 2. The quantitative estimate of drug-likeness (QED) is 0.487. The van der Waals surface area contributed by atoms with Gasteiger partial charge in [-0.25, -0.2) is 4.79 Å². The molecule has 0 fully saturated rings. The van der Waals surface area contributed by atoms with Gasteiger partial charge in [-0.1, -0.05) is 34.3 Å². The molecule has 0 aliphatic rings. The van der Waals surface area contributed by atoms with E-state index < -0.39 is 5.97 Å². The first-order valence-corrected chi connectivity index (χ1v) is 8.52. The maximum atomic E-state index is 11.8. The first-order valence-electron chi connectivity index (χ1n) is 7.37. The smallest absolute Gasteiger partial charge is 0.344 e. The molecule has 8 heteroatoms. The van der Waals surface area contributed by atoms with Crippen LogP contribution >= 0.6 is 23.1 Å². The standard InChI is InChI=1S/C17H11ClN2O4S/c18-17-13(19-20-25-17)8-23-16(21)9-22-10-5-6-15-12(7-10)11-3-1-2-4-14(11)24-15/h1-7H,8-9H2. The van der Waals surface area contributed by atoms with Crippen molar-refractivity contribution in [3.05, 3.63) is 52.5 Å². The normalized spacial score (nSPS) is 11.1. The highest BCUT2D eigenvalue weighted by molar-refractivity contribution is 7.10. The predicted molar refractivity (Wildman–Crippen MR) is 93.9 cm³/mol. The predicted octanol–water partition coefficient (Wildman–Crippen LogP) is 4.21. The van der Waals surface area contributed by atoms with E-state index in [2.05, 4.69) is 9.59 Å². The Bertz CT molecular complexity index is 1060. The summed E-state index contributed by atoms with van der Waals surface area (Å²) in [7, 11) is 0. The topological polar surface area (TPSA) is 74.5 Å². The number of hydrogen-bond donors (Lipinski definition) is 0. The minimum Gasteiger partial charge on any atom is -0.482 e. The van der Waals surface area contributed by atoms with Crippen LogP contribution in [0.5, 0.6) is 5.75 Å². The number of ether oxygens (including phenoxy) is 2. The van der Waals surface area contributed by atoms with Crippen LogP contribution in [0, 0.1) is 0 Å². The number of carbonyl (C=O) groups excluding carboxylic acids is 1. The molecule has 4 aromatic rings. The van der Waals surface area contributed by atoms with Crippen LogP contribution in [0.1, 0.15) is 5.69 Å². The molecule has 0 saturated heterocycles. The number of nitrogens with zero attached hydrogens (tertiary/aromatic N) is 2. The molecular formula is C17H11ClN2O4S. The number of furan rings is 1. The van der Waals surface area contributed by atoms with Gasteiger partial charge in [0.15, 0.2) is 6.61 Å². The Morgan fingerprint density at radius 3 is 2.84 bits per heavy atom. The lowest BCUT2D eigenvalue weighted by atomic mass is 10.1. The largest absolute Gasteiger partial charge is 0.482 e. The third-order valence-corrected chi connectivity index (χ3v) is 4.57. The molecule has 25 heavy (non-hydrogen) atoms. The fourth-order valence-electron chi connectivity index (χ4n) is 2.41. The molecule has 0 unspecified atom stereocenters. The van der Waals surface area contributed by atoms with E-state index in [-0.39, 0.29) is 13.2 Å². The van der Waals surface area contributed by atoms with Crippen LogP contribution in [0.3, 0.4) is 0 Å². The highest BCUT2D eigenvalue weighted by Crippen LogP contribution is 2.31. The van der Waals surface area contributed by atoms with Gasteiger partial charge < -0.3 is 13.9 Å². The lowest BCUT2D eigenvalue weighted by Gasteiger charge is -2.06. The Morgan fingerprint density at radius 1 is 1.16 bits per heavy atom. The van der Waals surface area contributed by atoms with Gasteiger partial charge in [0.25, 0.3) is 0 Å². The third kappa shape index (κ3) is 3.29. The van der Waals surface area contributed by atoms with Crippen LogP contribution in [0.4, 0.5) is 0 Å². The molecule has 4 rings (SSSR count). The lowest BCUT2D eigenvalue weighted by Crippen LogP contribution is -2.14. The van der Waals surface area contributed by atoms with Crippen LogP contribution in [0.25, 0.3) is 21.9 Å². The van der Waals surface area contributed by atoms with Gasteiger partial charge in [0.1, 0.15) is 33.6 Å². The summed E-state index contributed by atoms with van der Waals surface area (Å²) in [6, 6.07) is 13.2. The van der Waals surface area contributed by atoms with E-state index in [1.807, 2.05) is 36.4 Å². The molecule has 0 atom stereocenters. The summed E-state index contributed by atoms with van der Waals surface area (Å²) in [5.41, 5.74) is 2.01. The molecule has 2 aromatic carbocycles. The van der Waals surface area contributed by atoms with Crippen molar-refractivity contribution in [2.75, 3.05) is 6.61 Å². The van der Waals surface area contributed by atoms with Gasteiger partial charge in [0.2, 0.25) is 0 Å². The van der Waals surface area contributed by atoms with Gasteiger partial charge in [-0.3, -0.25) is 0 Å². The van der Waals surface area contributed by atoms with E-state index in [1.54, 1.807) is 6.07 Å². The van der Waals surface area contributed by atoms with Crippen LogP contribution in [0.2, 0.25) is 4.34 Å². The summed E-state index contributed by atoms with van der Waals surface area (Å²) in [6.45, 7) is -0.237. The summed E-state index contributed by atoms with van der Waals surface area (Å²) in [5, 5.41) is 5.70. The van der Waals surface area contributed by atoms with Crippen molar-refractivity contribution in [3.8, 4) is 5.75 Å². The number of fused-ring (bicyclic) bond motifs is 3. The zero-order valence-electron chi connectivity index (χ0n) is 12.8. The van der Waals surface area contributed by atoms with Gasteiger partial charge in [0.05, 0.1) is 0 Å². The van der Waals surface area contributed by atoms with E-state index in [9.17, 15) is 4.79 Å². The van der Waals surface area contributed by atoms with Crippen molar-refractivity contribution in [1.82, 2.24) is 9.59 Å². The first kappa shape index (κ1) is 15.9. The molecular weight excluding hydrogens is 364 g/mol. The SMILES string of the molecule is O=C(COc1ccc2oc3ccccc3c2c1)OCc1nnsc1Cl. The number of para-hydroxylation sites is 1. The number of halogens is 1. The van der Waals surface area contributed by atoms with E-state index >= 15 is 0 Å². The van der Waals surface area contributed by atoms with Crippen molar-refractivity contribution in [2.24, 2.45) is 0 Å². The fourth-order valence-corrected chi connectivity index (χ4v) is 3.01. The van der Waals surface area contributed by atoms with Crippen molar-refractivity contribution in [2.45, 2.75) is 6.61 Å². The highest BCUT2D eigenvalue weighted by Gasteiger charge is 2.11. The lowest BCUT2D eigenvalue weighted by molar-refractivity contribution is -0.147.